The van der Waals surface area contributed by atoms with Crippen LogP contribution in [0.15, 0.2) is 30.5 Å². The summed E-state index contributed by atoms with van der Waals surface area (Å²) in [4.78, 5) is 17.1. The Morgan fingerprint density at radius 3 is 2.95 bits per heavy atom. The molecule has 0 aromatic carbocycles. The van der Waals surface area contributed by atoms with Gasteiger partial charge in [0.1, 0.15) is 5.69 Å². The third-order valence-electron chi connectivity index (χ3n) is 2.62. The molecular weight excluding hydrogens is 294 g/mol. The standard InChI is InChI=1S/C14H16ClN3OS/c1-2-6-16-10-5-7-17-12(8-10)14(19)18-9-11-3-4-13(15)20-11/h3-5,7-8H,2,6,9H2,1H3,(H,16,17)(H,18,19). The number of halogens is 1. The van der Waals surface area contributed by atoms with Gasteiger partial charge in [-0.1, -0.05) is 18.5 Å². The SMILES string of the molecule is CCCNc1ccnc(C(=O)NCc2ccc(Cl)s2)c1. The van der Waals surface area contributed by atoms with E-state index < -0.39 is 0 Å². The van der Waals surface area contributed by atoms with Crippen LogP contribution in [0.2, 0.25) is 4.34 Å². The molecule has 2 rings (SSSR count). The largest absolute Gasteiger partial charge is 0.385 e. The van der Waals surface area contributed by atoms with Crippen molar-refractivity contribution in [2.24, 2.45) is 0 Å². The number of nitrogens with zero attached hydrogens (tertiary/aromatic N) is 1. The highest BCUT2D eigenvalue weighted by Gasteiger charge is 2.08. The fraction of sp³-hybridized carbons (Fsp3) is 0.286. The van der Waals surface area contributed by atoms with Gasteiger partial charge in [0.25, 0.3) is 5.91 Å². The van der Waals surface area contributed by atoms with Crippen LogP contribution in [0.5, 0.6) is 0 Å². The molecule has 0 unspecified atom stereocenters. The molecule has 0 spiro atoms. The number of amides is 1. The first kappa shape index (κ1) is 14.8. The van der Waals surface area contributed by atoms with Gasteiger partial charge in [-0.2, -0.15) is 0 Å². The maximum absolute atomic E-state index is 12.0. The molecule has 0 aliphatic rings. The molecular formula is C14H16ClN3OS. The number of thiophene rings is 1. The third-order valence-corrected chi connectivity index (χ3v) is 3.85. The van der Waals surface area contributed by atoms with E-state index in [0.29, 0.717) is 12.2 Å². The molecule has 0 fully saturated rings. The Bertz CT molecular complexity index is 585. The highest BCUT2D eigenvalue weighted by atomic mass is 35.5. The number of aromatic nitrogens is 1. The highest BCUT2D eigenvalue weighted by molar-refractivity contribution is 7.16. The van der Waals surface area contributed by atoms with Crippen LogP contribution in [0.4, 0.5) is 5.69 Å². The maximum Gasteiger partial charge on any atom is 0.270 e. The van der Waals surface area contributed by atoms with Crippen LogP contribution in [0.1, 0.15) is 28.7 Å². The van der Waals surface area contributed by atoms with Crippen molar-refractivity contribution in [3.05, 3.63) is 45.4 Å². The summed E-state index contributed by atoms with van der Waals surface area (Å²) in [5.74, 6) is -0.185. The zero-order valence-electron chi connectivity index (χ0n) is 11.1. The van der Waals surface area contributed by atoms with E-state index in [4.69, 9.17) is 11.6 Å². The number of nitrogens with one attached hydrogen (secondary N) is 2. The van der Waals surface area contributed by atoms with E-state index in [1.54, 1.807) is 12.3 Å². The first-order valence-electron chi connectivity index (χ1n) is 6.41. The molecule has 6 heteroatoms. The maximum atomic E-state index is 12.0. The fourth-order valence-electron chi connectivity index (χ4n) is 1.64. The van der Waals surface area contributed by atoms with Crippen molar-refractivity contribution in [1.29, 1.82) is 0 Å². The van der Waals surface area contributed by atoms with Gasteiger partial charge in [-0.15, -0.1) is 11.3 Å². The second-order valence-electron chi connectivity index (χ2n) is 4.25. The molecule has 2 aromatic rings. The summed E-state index contributed by atoms with van der Waals surface area (Å²) in [5.41, 5.74) is 1.32. The molecule has 2 N–H and O–H groups in total. The lowest BCUT2D eigenvalue weighted by Gasteiger charge is -2.07. The van der Waals surface area contributed by atoms with Crippen LogP contribution in [0.3, 0.4) is 0 Å². The zero-order chi connectivity index (χ0) is 14.4. The lowest BCUT2D eigenvalue weighted by molar-refractivity contribution is 0.0946. The van der Waals surface area contributed by atoms with Crippen molar-refractivity contribution in [1.82, 2.24) is 10.3 Å². The van der Waals surface area contributed by atoms with Crippen molar-refractivity contribution in [2.45, 2.75) is 19.9 Å². The van der Waals surface area contributed by atoms with E-state index in [1.165, 1.54) is 11.3 Å². The van der Waals surface area contributed by atoms with Gasteiger partial charge >= 0.3 is 0 Å². The van der Waals surface area contributed by atoms with Crippen LogP contribution in [-0.2, 0) is 6.54 Å². The minimum absolute atomic E-state index is 0.185. The van der Waals surface area contributed by atoms with Crippen LogP contribution < -0.4 is 10.6 Å². The second kappa shape index (κ2) is 7.26. The summed E-state index contributed by atoms with van der Waals surface area (Å²) in [6.45, 7) is 3.43. The lowest BCUT2D eigenvalue weighted by atomic mass is 10.3. The summed E-state index contributed by atoms with van der Waals surface area (Å²) in [7, 11) is 0. The Morgan fingerprint density at radius 1 is 1.40 bits per heavy atom. The molecule has 2 heterocycles. The Kier molecular flexibility index (Phi) is 5.38. The number of carbonyl (C=O) groups excluding carboxylic acids is 1. The fourth-order valence-corrected chi connectivity index (χ4v) is 2.67. The summed E-state index contributed by atoms with van der Waals surface area (Å²) < 4.78 is 0.720. The molecule has 0 aliphatic carbocycles. The number of rotatable bonds is 6. The number of hydrogen-bond donors (Lipinski definition) is 2. The Balaban J connectivity index is 1.94. The van der Waals surface area contributed by atoms with Gasteiger partial charge in [-0.3, -0.25) is 9.78 Å². The van der Waals surface area contributed by atoms with E-state index in [2.05, 4.69) is 22.5 Å². The molecule has 0 aliphatic heterocycles. The monoisotopic (exact) mass is 309 g/mol. The number of hydrogen-bond acceptors (Lipinski definition) is 4. The predicted octanol–water partition coefficient (Wildman–Crippen LogP) is 3.55. The predicted molar refractivity (Wildman–Crippen MR) is 83.5 cm³/mol. The quantitative estimate of drug-likeness (QED) is 0.858. The van der Waals surface area contributed by atoms with Gasteiger partial charge < -0.3 is 10.6 Å². The normalized spacial score (nSPS) is 10.3. The van der Waals surface area contributed by atoms with E-state index in [9.17, 15) is 4.79 Å². The average Bonchev–Trinajstić information content (AvgIpc) is 2.88. The van der Waals surface area contributed by atoms with Gasteiger partial charge in [0.15, 0.2) is 0 Å². The van der Waals surface area contributed by atoms with Gasteiger partial charge in [-0.25, -0.2) is 0 Å². The number of anilines is 1. The Hall–Kier alpha value is -1.59. The van der Waals surface area contributed by atoms with Crippen molar-refractivity contribution < 1.29 is 4.79 Å². The first-order valence-corrected chi connectivity index (χ1v) is 7.61. The van der Waals surface area contributed by atoms with Crippen molar-refractivity contribution in [3.8, 4) is 0 Å². The highest BCUT2D eigenvalue weighted by Crippen LogP contribution is 2.21. The lowest BCUT2D eigenvalue weighted by Crippen LogP contribution is -2.23. The van der Waals surface area contributed by atoms with Crippen LogP contribution in [-0.4, -0.2) is 17.4 Å². The third kappa shape index (κ3) is 4.21. The second-order valence-corrected chi connectivity index (χ2v) is 6.04. The van der Waals surface area contributed by atoms with Gasteiger partial charge in [-0.05, 0) is 30.7 Å². The molecule has 0 saturated carbocycles. The topological polar surface area (TPSA) is 54.0 Å². The summed E-state index contributed by atoms with van der Waals surface area (Å²) in [6.07, 6.45) is 2.66. The Labute approximate surface area is 127 Å². The smallest absolute Gasteiger partial charge is 0.270 e. The summed E-state index contributed by atoms with van der Waals surface area (Å²) >= 11 is 7.30. The molecule has 0 atom stereocenters. The molecule has 2 aromatic heterocycles. The molecule has 1 amide bonds. The number of carbonyl (C=O) groups is 1. The minimum Gasteiger partial charge on any atom is -0.385 e. The Morgan fingerprint density at radius 2 is 2.25 bits per heavy atom. The van der Waals surface area contributed by atoms with Crippen LogP contribution in [0, 0.1) is 0 Å². The minimum atomic E-state index is -0.185. The molecule has 20 heavy (non-hydrogen) atoms. The van der Waals surface area contributed by atoms with Crippen molar-refractivity contribution in [2.75, 3.05) is 11.9 Å². The van der Waals surface area contributed by atoms with Crippen molar-refractivity contribution >= 4 is 34.5 Å². The van der Waals surface area contributed by atoms with E-state index in [-0.39, 0.29) is 5.91 Å². The first-order chi connectivity index (χ1) is 9.69. The summed E-state index contributed by atoms with van der Waals surface area (Å²) in [6, 6.07) is 7.33. The molecule has 0 saturated heterocycles. The van der Waals surface area contributed by atoms with Crippen LogP contribution in [0.25, 0.3) is 0 Å². The van der Waals surface area contributed by atoms with E-state index in [0.717, 1.165) is 27.9 Å². The van der Waals surface area contributed by atoms with Crippen LogP contribution >= 0.6 is 22.9 Å². The van der Waals surface area contributed by atoms with E-state index >= 15 is 0 Å². The van der Waals surface area contributed by atoms with Crippen molar-refractivity contribution in [3.63, 3.8) is 0 Å². The molecule has 0 radical (unpaired) electrons. The molecule has 106 valence electrons. The van der Waals surface area contributed by atoms with Gasteiger partial charge in [0, 0.05) is 23.3 Å². The van der Waals surface area contributed by atoms with Gasteiger partial charge in [0.05, 0.1) is 10.9 Å². The van der Waals surface area contributed by atoms with Gasteiger partial charge in [0.2, 0.25) is 0 Å². The van der Waals surface area contributed by atoms with E-state index in [1.807, 2.05) is 18.2 Å². The number of pyridine rings is 1. The molecule has 0 bridgehead atoms. The summed E-state index contributed by atoms with van der Waals surface area (Å²) in [5, 5.41) is 6.07. The zero-order valence-corrected chi connectivity index (χ0v) is 12.7. The average molecular weight is 310 g/mol. The molecule has 4 nitrogen and oxygen atoms in total.